The summed E-state index contributed by atoms with van der Waals surface area (Å²) in [5.74, 6) is -0.227. The maximum Gasteiger partial charge on any atom is 0.279 e. The molecule has 0 saturated heterocycles. The van der Waals surface area contributed by atoms with Gasteiger partial charge >= 0.3 is 0 Å². The molecule has 1 aromatic heterocycles. The lowest BCUT2D eigenvalue weighted by atomic mass is 10.1. The van der Waals surface area contributed by atoms with Crippen LogP contribution in [0.15, 0.2) is 41.4 Å². The molecule has 0 spiro atoms. The van der Waals surface area contributed by atoms with Crippen molar-refractivity contribution < 1.29 is 4.79 Å². The molecule has 112 valence electrons. The first-order chi connectivity index (χ1) is 10.5. The zero-order valence-electron chi connectivity index (χ0n) is 12.6. The van der Waals surface area contributed by atoms with E-state index in [2.05, 4.69) is 4.99 Å². The van der Waals surface area contributed by atoms with Crippen molar-refractivity contribution in [3.05, 3.63) is 62.9 Å². The topological polar surface area (TPSA) is 34.4 Å². The third-order valence-corrected chi connectivity index (χ3v) is 4.81. The van der Waals surface area contributed by atoms with Crippen molar-refractivity contribution in [1.82, 2.24) is 4.57 Å². The molecule has 1 amide bonds. The van der Waals surface area contributed by atoms with Crippen LogP contribution in [0.3, 0.4) is 0 Å². The third-order valence-electron chi connectivity index (χ3n) is 3.52. The van der Waals surface area contributed by atoms with E-state index >= 15 is 0 Å². The van der Waals surface area contributed by atoms with Gasteiger partial charge in [0.2, 0.25) is 0 Å². The number of halogens is 1. The van der Waals surface area contributed by atoms with E-state index in [-0.39, 0.29) is 5.91 Å². The van der Waals surface area contributed by atoms with Crippen LogP contribution in [0, 0.1) is 13.8 Å². The van der Waals surface area contributed by atoms with E-state index < -0.39 is 0 Å². The Morgan fingerprint density at radius 2 is 2.00 bits per heavy atom. The molecule has 0 saturated carbocycles. The molecule has 0 aliphatic heterocycles. The molecule has 3 aromatic rings. The van der Waals surface area contributed by atoms with Crippen molar-refractivity contribution >= 4 is 39.1 Å². The van der Waals surface area contributed by atoms with Gasteiger partial charge < -0.3 is 4.57 Å². The van der Waals surface area contributed by atoms with Crippen LogP contribution < -0.4 is 4.80 Å². The van der Waals surface area contributed by atoms with Crippen LogP contribution >= 0.6 is 22.9 Å². The average molecular weight is 331 g/mol. The fourth-order valence-corrected chi connectivity index (χ4v) is 3.97. The number of carbonyl (C=O) groups is 1. The maximum absolute atomic E-state index is 12.3. The number of thiazole rings is 1. The quantitative estimate of drug-likeness (QED) is 0.656. The van der Waals surface area contributed by atoms with Gasteiger partial charge in [-0.1, -0.05) is 40.6 Å². The van der Waals surface area contributed by atoms with Gasteiger partial charge in [-0.25, -0.2) is 0 Å². The SMILES string of the molecule is Cc1cccc(C(=O)N=c2sc3cc(Cl)cc(C)c3n2C)c1. The zero-order valence-corrected chi connectivity index (χ0v) is 14.1. The number of amides is 1. The highest BCUT2D eigenvalue weighted by atomic mass is 35.5. The summed E-state index contributed by atoms with van der Waals surface area (Å²) < 4.78 is 2.97. The van der Waals surface area contributed by atoms with E-state index in [0.29, 0.717) is 15.4 Å². The molecule has 0 bridgehead atoms. The lowest BCUT2D eigenvalue weighted by Crippen LogP contribution is -2.13. The van der Waals surface area contributed by atoms with Crippen molar-refractivity contribution in [2.24, 2.45) is 12.0 Å². The predicted molar refractivity (Wildman–Crippen MR) is 91.6 cm³/mol. The van der Waals surface area contributed by atoms with Crippen LogP contribution in [0.4, 0.5) is 0 Å². The van der Waals surface area contributed by atoms with Gasteiger partial charge in [-0.3, -0.25) is 4.79 Å². The molecule has 0 aliphatic carbocycles. The number of fused-ring (bicyclic) bond motifs is 1. The molecule has 0 atom stereocenters. The van der Waals surface area contributed by atoms with Crippen LogP contribution in [0.5, 0.6) is 0 Å². The second-order valence-electron chi connectivity index (χ2n) is 5.30. The summed E-state index contributed by atoms with van der Waals surface area (Å²) in [5.41, 5.74) is 3.78. The van der Waals surface area contributed by atoms with Crippen LogP contribution in [-0.4, -0.2) is 10.5 Å². The van der Waals surface area contributed by atoms with Gasteiger partial charge in [-0.05, 0) is 43.7 Å². The van der Waals surface area contributed by atoms with Gasteiger partial charge in [0.25, 0.3) is 5.91 Å². The van der Waals surface area contributed by atoms with Crippen LogP contribution in [0.1, 0.15) is 21.5 Å². The summed E-state index contributed by atoms with van der Waals surface area (Å²) in [7, 11) is 1.92. The minimum Gasteiger partial charge on any atom is -0.319 e. The predicted octanol–water partition coefficient (Wildman–Crippen LogP) is 4.25. The number of benzene rings is 2. The van der Waals surface area contributed by atoms with E-state index in [1.165, 1.54) is 11.3 Å². The maximum atomic E-state index is 12.3. The minimum atomic E-state index is -0.227. The van der Waals surface area contributed by atoms with Crippen molar-refractivity contribution in [3.8, 4) is 0 Å². The highest BCUT2D eigenvalue weighted by molar-refractivity contribution is 7.16. The van der Waals surface area contributed by atoms with Crippen LogP contribution in [0.2, 0.25) is 5.02 Å². The summed E-state index contributed by atoms with van der Waals surface area (Å²) in [4.78, 5) is 17.3. The molecular weight excluding hydrogens is 316 g/mol. The van der Waals surface area contributed by atoms with Crippen molar-refractivity contribution in [1.29, 1.82) is 0 Å². The van der Waals surface area contributed by atoms with E-state index in [4.69, 9.17) is 11.6 Å². The summed E-state index contributed by atoms with van der Waals surface area (Å²) >= 11 is 7.57. The number of hydrogen-bond donors (Lipinski definition) is 0. The monoisotopic (exact) mass is 330 g/mol. The molecule has 22 heavy (non-hydrogen) atoms. The Balaban J connectivity index is 2.16. The van der Waals surface area contributed by atoms with E-state index in [1.54, 1.807) is 6.07 Å². The molecule has 0 fully saturated rings. The minimum absolute atomic E-state index is 0.227. The summed E-state index contributed by atoms with van der Waals surface area (Å²) in [6.45, 7) is 3.97. The Labute approximate surface area is 137 Å². The fourth-order valence-electron chi connectivity index (χ4n) is 2.50. The second-order valence-corrected chi connectivity index (χ2v) is 6.75. The van der Waals surface area contributed by atoms with Gasteiger partial charge in [0.05, 0.1) is 10.2 Å². The molecule has 3 nitrogen and oxygen atoms in total. The molecule has 0 aliphatic rings. The van der Waals surface area contributed by atoms with Crippen molar-refractivity contribution in [3.63, 3.8) is 0 Å². The summed E-state index contributed by atoms with van der Waals surface area (Å²) in [6.07, 6.45) is 0. The highest BCUT2D eigenvalue weighted by Crippen LogP contribution is 2.25. The molecule has 3 rings (SSSR count). The fraction of sp³-hybridized carbons (Fsp3) is 0.176. The van der Waals surface area contributed by atoms with E-state index in [1.807, 2.05) is 55.8 Å². The Morgan fingerprint density at radius 3 is 2.73 bits per heavy atom. The summed E-state index contributed by atoms with van der Waals surface area (Å²) in [5, 5.41) is 0.698. The van der Waals surface area contributed by atoms with Crippen molar-refractivity contribution in [2.45, 2.75) is 13.8 Å². The lowest BCUT2D eigenvalue weighted by molar-refractivity contribution is 0.0998. The second kappa shape index (κ2) is 5.71. The smallest absolute Gasteiger partial charge is 0.279 e. The molecular formula is C17H15ClN2OS. The summed E-state index contributed by atoms with van der Waals surface area (Å²) in [6, 6.07) is 11.3. The lowest BCUT2D eigenvalue weighted by Gasteiger charge is -2.01. The molecule has 1 heterocycles. The van der Waals surface area contributed by atoms with Gasteiger partial charge in [-0.2, -0.15) is 4.99 Å². The van der Waals surface area contributed by atoms with Crippen LogP contribution in [-0.2, 0) is 7.05 Å². The molecule has 5 heteroatoms. The van der Waals surface area contributed by atoms with Crippen molar-refractivity contribution in [2.75, 3.05) is 0 Å². The first-order valence-electron chi connectivity index (χ1n) is 6.87. The number of rotatable bonds is 1. The Kier molecular flexibility index (Phi) is 3.89. The van der Waals surface area contributed by atoms with Gasteiger partial charge in [0.15, 0.2) is 4.80 Å². The number of hydrogen-bond acceptors (Lipinski definition) is 2. The third kappa shape index (κ3) is 2.72. The average Bonchev–Trinajstić information content (AvgIpc) is 2.75. The number of carbonyl (C=O) groups excluding carboxylic acids is 1. The van der Waals surface area contributed by atoms with Gasteiger partial charge in [0, 0.05) is 17.6 Å². The largest absolute Gasteiger partial charge is 0.319 e. The molecule has 0 radical (unpaired) electrons. The van der Waals surface area contributed by atoms with Gasteiger partial charge in [0.1, 0.15) is 0 Å². The Bertz CT molecular complexity index is 953. The number of aromatic nitrogens is 1. The number of nitrogens with zero attached hydrogens (tertiary/aromatic N) is 2. The Morgan fingerprint density at radius 1 is 1.23 bits per heavy atom. The normalized spacial score (nSPS) is 12.1. The first-order valence-corrected chi connectivity index (χ1v) is 8.06. The zero-order chi connectivity index (χ0) is 15.9. The molecule has 2 aromatic carbocycles. The van der Waals surface area contributed by atoms with Gasteiger partial charge in [-0.15, -0.1) is 0 Å². The van der Waals surface area contributed by atoms with E-state index in [0.717, 1.165) is 21.3 Å². The Hall–Kier alpha value is -1.91. The first kappa shape index (κ1) is 15.0. The number of aryl methyl sites for hydroxylation is 3. The van der Waals surface area contributed by atoms with E-state index in [9.17, 15) is 4.79 Å². The highest BCUT2D eigenvalue weighted by Gasteiger charge is 2.09. The molecule has 0 N–H and O–H groups in total. The standard InChI is InChI=1S/C17H15ClN2OS/c1-10-5-4-6-12(7-10)16(21)19-17-20(3)15-11(2)8-13(18)9-14(15)22-17/h4-9H,1-3H3. The molecule has 0 unspecified atom stereocenters. The van der Waals surface area contributed by atoms with Crippen LogP contribution in [0.25, 0.3) is 10.2 Å².